The number of aliphatic hydroxyl groups excluding tert-OH is 1. The van der Waals surface area contributed by atoms with E-state index in [9.17, 15) is 23.1 Å². The highest BCUT2D eigenvalue weighted by molar-refractivity contribution is 7.90. The van der Waals surface area contributed by atoms with Crippen molar-refractivity contribution in [3.8, 4) is 0 Å². The molecular weight excluding hydrogens is 599 g/mol. The van der Waals surface area contributed by atoms with Gasteiger partial charge in [0.25, 0.3) is 15.7 Å². The largest absolute Gasteiger partial charge is 0.414 e. The molecule has 1 saturated heterocycles. The van der Waals surface area contributed by atoms with Gasteiger partial charge in [0, 0.05) is 24.9 Å². The van der Waals surface area contributed by atoms with Gasteiger partial charge in [-0.25, -0.2) is 8.98 Å². The zero-order valence-corrected chi connectivity index (χ0v) is 29.6. The zero-order chi connectivity index (χ0) is 32.3. The van der Waals surface area contributed by atoms with Crippen LogP contribution in [0.4, 0.5) is 0 Å². The SMILES string of the molecule is Cc1cn(C2OC(CO[Si](C)(C)C(C)(C)C)C3(OS(=O)(=O)C=C3N)C2O[Si](C)(C)C(C)(C)C)c(=O)n(CCCO)c1=O. The lowest BCUT2D eigenvalue weighted by Gasteiger charge is -2.43. The third-order valence-electron chi connectivity index (χ3n) is 9.25. The van der Waals surface area contributed by atoms with Crippen LogP contribution in [0.15, 0.2) is 26.9 Å². The Hall–Kier alpha value is -1.60. The van der Waals surface area contributed by atoms with E-state index in [1.54, 1.807) is 6.92 Å². The van der Waals surface area contributed by atoms with E-state index in [0.717, 1.165) is 9.98 Å². The number of nitrogens with two attached hydrogens (primary N) is 1. The molecule has 0 saturated carbocycles. The molecule has 4 unspecified atom stereocenters. The van der Waals surface area contributed by atoms with Crippen LogP contribution in [0, 0.1) is 6.92 Å². The quantitative estimate of drug-likeness (QED) is 0.301. The van der Waals surface area contributed by atoms with Crippen molar-refractivity contribution in [2.75, 3.05) is 13.2 Å². The van der Waals surface area contributed by atoms with Crippen LogP contribution in [0.1, 0.15) is 59.8 Å². The summed E-state index contributed by atoms with van der Waals surface area (Å²) >= 11 is 0. The molecule has 15 heteroatoms. The molecule has 42 heavy (non-hydrogen) atoms. The molecule has 12 nitrogen and oxygen atoms in total. The van der Waals surface area contributed by atoms with Crippen molar-refractivity contribution in [3.05, 3.63) is 43.7 Å². The van der Waals surface area contributed by atoms with Crippen LogP contribution in [-0.4, -0.2) is 70.3 Å². The fourth-order valence-corrected chi connectivity index (χ4v) is 8.09. The van der Waals surface area contributed by atoms with Gasteiger partial charge in [-0.15, -0.1) is 0 Å². The van der Waals surface area contributed by atoms with Gasteiger partial charge in [0.15, 0.2) is 28.5 Å². The first-order chi connectivity index (χ1) is 18.9. The van der Waals surface area contributed by atoms with Crippen molar-refractivity contribution >= 4 is 26.8 Å². The van der Waals surface area contributed by atoms with Crippen molar-refractivity contribution in [3.63, 3.8) is 0 Å². The van der Waals surface area contributed by atoms with E-state index in [-0.39, 0.29) is 47.5 Å². The molecule has 3 rings (SSSR count). The van der Waals surface area contributed by atoms with E-state index in [1.165, 1.54) is 10.8 Å². The van der Waals surface area contributed by atoms with Crippen LogP contribution in [0.2, 0.25) is 36.3 Å². The van der Waals surface area contributed by atoms with Crippen molar-refractivity contribution in [1.82, 2.24) is 9.13 Å². The van der Waals surface area contributed by atoms with Crippen molar-refractivity contribution < 1.29 is 31.3 Å². The highest BCUT2D eigenvalue weighted by Crippen LogP contribution is 2.52. The topological polar surface area (TPSA) is 161 Å². The monoisotopic (exact) mass is 647 g/mol. The molecule has 3 heterocycles. The van der Waals surface area contributed by atoms with E-state index in [0.29, 0.717) is 0 Å². The smallest absolute Gasteiger partial charge is 0.333 e. The normalized spacial score (nSPS) is 26.7. The van der Waals surface area contributed by atoms with Crippen molar-refractivity contribution in [2.45, 2.75) is 122 Å². The maximum Gasteiger partial charge on any atom is 0.333 e. The van der Waals surface area contributed by atoms with Crippen molar-refractivity contribution in [2.24, 2.45) is 5.73 Å². The fourth-order valence-electron chi connectivity index (χ4n) is 4.58. The number of hydrogen-bond donors (Lipinski definition) is 2. The number of aryl methyl sites for hydroxylation is 1. The lowest BCUT2D eigenvalue weighted by atomic mass is 9.89. The lowest BCUT2D eigenvalue weighted by Crippen LogP contribution is -2.59. The summed E-state index contributed by atoms with van der Waals surface area (Å²) in [5.74, 6) is 0. The molecule has 2 aliphatic heterocycles. The molecule has 1 aromatic heterocycles. The van der Waals surface area contributed by atoms with Gasteiger partial charge < -0.3 is 24.4 Å². The highest BCUT2D eigenvalue weighted by atomic mass is 32.2. The zero-order valence-electron chi connectivity index (χ0n) is 26.8. The molecule has 2 aliphatic rings. The molecule has 0 aliphatic carbocycles. The van der Waals surface area contributed by atoms with E-state index in [1.807, 2.05) is 33.9 Å². The minimum Gasteiger partial charge on any atom is -0.414 e. The van der Waals surface area contributed by atoms with Gasteiger partial charge in [-0.05, 0) is 49.6 Å². The van der Waals surface area contributed by atoms with E-state index < -0.39 is 62.0 Å². The molecule has 0 amide bonds. The average Bonchev–Trinajstić information content (AvgIpc) is 3.25. The number of nitrogens with zero attached hydrogens (tertiary/aromatic N) is 2. The first-order valence-corrected chi connectivity index (χ1v) is 21.5. The Morgan fingerprint density at radius 2 is 1.64 bits per heavy atom. The second-order valence-corrected chi connectivity index (χ2v) is 25.3. The summed E-state index contributed by atoms with van der Waals surface area (Å²) in [6.45, 7) is 21.8. The van der Waals surface area contributed by atoms with Crippen LogP contribution in [0.3, 0.4) is 0 Å². The van der Waals surface area contributed by atoms with Gasteiger partial charge in [-0.3, -0.25) is 13.9 Å². The molecule has 0 bridgehead atoms. The molecule has 240 valence electrons. The van der Waals surface area contributed by atoms with Crippen LogP contribution in [-0.2, 0) is 34.4 Å². The van der Waals surface area contributed by atoms with Crippen LogP contribution < -0.4 is 17.0 Å². The summed E-state index contributed by atoms with van der Waals surface area (Å²) in [6.07, 6.45) is -1.87. The number of aliphatic hydroxyl groups is 1. The van der Waals surface area contributed by atoms with E-state index in [2.05, 4.69) is 33.9 Å². The maximum absolute atomic E-state index is 13.8. The van der Waals surface area contributed by atoms with Gasteiger partial charge >= 0.3 is 5.69 Å². The number of ether oxygens (including phenoxy) is 1. The van der Waals surface area contributed by atoms with Crippen molar-refractivity contribution in [1.29, 1.82) is 0 Å². The average molecular weight is 648 g/mol. The Balaban J connectivity index is 2.29. The first-order valence-electron chi connectivity index (χ1n) is 14.3. The Labute approximate surface area is 251 Å². The minimum atomic E-state index is -4.22. The number of aromatic nitrogens is 2. The fraction of sp³-hybridized carbons (Fsp3) is 0.778. The summed E-state index contributed by atoms with van der Waals surface area (Å²) in [5.41, 5.74) is 3.68. The molecule has 0 radical (unpaired) electrons. The Morgan fingerprint density at radius 1 is 1.07 bits per heavy atom. The molecule has 0 aromatic carbocycles. The molecule has 4 atom stereocenters. The van der Waals surface area contributed by atoms with E-state index in [4.69, 9.17) is 23.5 Å². The first kappa shape index (κ1) is 34.9. The molecule has 1 aromatic rings. The van der Waals surface area contributed by atoms with E-state index >= 15 is 0 Å². The summed E-state index contributed by atoms with van der Waals surface area (Å²) in [7, 11) is -9.28. The Kier molecular flexibility index (Phi) is 9.47. The predicted octanol–water partition coefficient (Wildman–Crippen LogP) is 2.91. The molecular formula is C27H49N3O9SSi2. The Bertz CT molecular complexity index is 1440. The van der Waals surface area contributed by atoms with Gasteiger partial charge in [-0.2, -0.15) is 8.42 Å². The van der Waals surface area contributed by atoms with Gasteiger partial charge in [0.05, 0.1) is 17.7 Å². The third kappa shape index (κ3) is 6.29. The second-order valence-electron chi connectivity index (χ2n) is 14.4. The van der Waals surface area contributed by atoms with Gasteiger partial charge in [0.2, 0.25) is 0 Å². The number of hydrogen-bond acceptors (Lipinski definition) is 10. The van der Waals surface area contributed by atoms with Gasteiger partial charge in [-0.1, -0.05) is 41.5 Å². The summed E-state index contributed by atoms with van der Waals surface area (Å²) < 4.78 is 53.9. The molecule has 1 spiro atoms. The minimum absolute atomic E-state index is 0.00764. The highest BCUT2D eigenvalue weighted by Gasteiger charge is 2.67. The Morgan fingerprint density at radius 3 is 2.12 bits per heavy atom. The predicted molar refractivity (Wildman–Crippen MR) is 166 cm³/mol. The molecule has 1 fully saturated rings. The van der Waals surface area contributed by atoms with Crippen LogP contribution in [0.25, 0.3) is 0 Å². The van der Waals surface area contributed by atoms with Gasteiger partial charge in [0.1, 0.15) is 12.2 Å². The lowest BCUT2D eigenvalue weighted by molar-refractivity contribution is -0.0567. The summed E-state index contributed by atoms with van der Waals surface area (Å²) in [4.78, 5) is 26.7. The third-order valence-corrected chi connectivity index (χ3v) is 19.3. The van der Waals surface area contributed by atoms with Crippen LogP contribution in [0.5, 0.6) is 0 Å². The molecule has 3 N–H and O–H groups in total. The number of rotatable bonds is 9. The standard InChI is InChI=1S/C27H49N3O9SSi2/c1-18-15-30(24(33)29(22(18)32)13-12-14-31)23-21(38-42(10,11)26(5,6)7)27(19(28)17-40(34,35)39-27)20(37-23)16-36-41(8,9)25(2,3)4/h15,17,20-21,23,31H,12-14,16,28H2,1-11H3. The summed E-state index contributed by atoms with van der Waals surface area (Å²) in [6, 6.07) is 0. The second kappa shape index (κ2) is 11.4. The maximum atomic E-state index is 13.8. The van der Waals surface area contributed by atoms with Crippen LogP contribution >= 0.6 is 0 Å². The summed E-state index contributed by atoms with van der Waals surface area (Å²) in [5, 5.41) is 9.77.